The third-order valence-corrected chi connectivity index (χ3v) is 2.79. The molecule has 0 atom stereocenters. The summed E-state index contributed by atoms with van der Waals surface area (Å²) in [6.45, 7) is 0. The van der Waals surface area contributed by atoms with E-state index >= 15 is 0 Å². The summed E-state index contributed by atoms with van der Waals surface area (Å²) in [5, 5.41) is 0.680. The van der Waals surface area contributed by atoms with E-state index in [0.717, 1.165) is 5.56 Å². The zero-order chi connectivity index (χ0) is 12.5. The maximum Gasteiger partial charge on any atom is 0.183 e. The summed E-state index contributed by atoms with van der Waals surface area (Å²) in [5.74, 6) is 6.58. The fourth-order valence-corrected chi connectivity index (χ4v) is 1.81. The Kier molecular flexibility index (Phi) is 2.58. The van der Waals surface area contributed by atoms with Crippen molar-refractivity contribution in [3.8, 4) is 11.4 Å². The van der Waals surface area contributed by atoms with E-state index in [-0.39, 0.29) is 0 Å². The predicted molar refractivity (Wildman–Crippen MR) is 69.9 cm³/mol. The molecule has 0 saturated carbocycles. The normalized spacial score (nSPS) is 10.8. The van der Waals surface area contributed by atoms with E-state index in [2.05, 4.69) is 25.4 Å². The standard InChI is InChI=1S/C11H9ClN6/c12-7-3-1-6(2-4-7)9-16-8-10(17-9)14-5-15-11(8)18-13/h1-5H,13H2,(H2,14,15,16,17,18). The number of aromatic amines is 1. The van der Waals surface area contributed by atoms with Crippen LogP contribution in [0.15, 0.2) is 30.6 Å². The fourth-order valence-electron chi connectivity index (χ4n) is 1.68. The lowest BCUT2D eigenvalue weighted by Crippen LogP contribution is -2.09. The molecule has 7 heteroatoms. The molecule has 0 saturated heterocycles. The molecule has 0 unspecified atom stereocenters. The summed E-state index contributed by atoms with van der Waals surface area (Å²) < 4.78 is 0. The number of nitrogens with zero attached hydrogens (tertiary/aromatic N) is 3. The second-order valence-corrected chi connectivity index (χ2v) is 4.09. The van der Waals surface area contributed by atoms with Gasteiger partial charge in [0.05, 0.1) is 0 Å². The molecular weight excluding hydrogens is 252 g/mol. The first kappa shape index (κ1) is 10.9. The number of benzene rings is 1. The molecule has 18 heavy (non-hydrogen) atoms. The maximum atomic E-state index is 5.85. The number of nitrogen functional groups attached to an aromatic ring is 1. The molecule has 2 aromatic heterocycles. The van der Waals surface area contributed by atoms with E-state index < -0.39 is 0 Å². The second kappa shape index (κ2) is 4.25. The lowest BCUT2D eigenvalue weighted by Gasteiger charge is -1.97. The van der Waals surface area contributed by atoms with Crippen molar-refractivity contribution in [2.75, 3.05) is 5.43 Å². The summed E-state index contributed by atoms with van der Waals surface area (Å²) in [7, 11) is 0. The van der Waals surface area contributed by atoms with Gasteiger partial charge in [0.15, 0.2) is 11.5 Å². The van der Waals surface area contributed by atoms with Crippen molar-refractivity contribution in [3.63, 3.8) is 0 Å². The minimum absolute atomic E-state index is 0.507. The molecule has 0 radical (unpaired) electrons. The lowest BCUT2D eigenvalue weighted by atomic mass is 10.2. The van der Waals surface area contributed by atoms with Gasteiger partial charge in [-0.05, 0) is 24.3 Å². The first-order chi connectivity index (χ1) is 8.78. The molecule has 3 aromatic rings. The zero-order valence-corrected chi connectivity index (χ0v) is 9.94. The Labute approximate surface area is 107 Å². The number of hydrogen-bond donors (Lipinski definition) is 3. The van der Waals surface area contributed by atoms with Crippen molar-refractivity contribution in [2.45, 2.75) is 0 Å². The minimum atomic E-state index is 0.507. The van der Waals surface area contributed by atoms with Crippen LogP contribution in [-0.4, -0.2) is 19.9 Å². The topological polar surface area (TPSA) is 92.5 Å². The lowest BCUT2D eigenvalue weighted by molar-refractivity contribution is 1.17. The van der Waals surface area contributed by atoms with E-state index in [1.165, 1.54) is 6.33 Å². The first-order valence-corrected chi connectivity index (χ1v) is 5.59. The van der Waals surface area contributed by atoms with E-state index in [0.29, 0.717) is 27.8 Å². The van der Waals surface area contributed by atoms with Crippen LogP contribution in [-0.2, 0) is 0 Å². The third kappa shape index (κ3) is 1.77. The van der Waals surface area contributed by atoms with Crippen molar-refractivity contribution in [1.82, 2.24) is 19.9 Å². The molecule has 0 aliphatic rings. The number of nitrogens with one attached hydrogen (secondary N) is 2. The van der Waals surface area contributed by atoms with E-state index in [1.807, 2.05) is 12.1 Å². The molecule has 0 spiro atoms. The van der Waals surface area contributed by atoms with E-state index in [1.54, 1.807) is 12.1 Å². The molecule has 1 aromatic carbocycles. The summed E-state index contributed by atoms with van der Waals surface area (Å²) in [4.78, 5) is 15.6. The van der Waals surface area contributed by atoms with Gasteiger partial charge < -0.3 is 10.4 Å². The first-order valence-electron chi connectivity index (χ1n) is 5.21. The van der Waals surface area contributed by atoms with Crippen molar-refractivity contribution in [2.24, 2.45) is 5.84 Å². The van der Waals surface area contributed by atoms with Crippen molar-refractivity contribution < 1.29 is 0 Å². The Balaban J connectivity index is 2.16. The second-order valence-electron chi connectivity index (χ2n) is 3.66. The highest BCUT2D eigenvalue weighted by molar-refractivity contribution is 6.30. The molecule has 0 aliphatic carbocycles. The van der Waals surface area contributed by atoms with Crippen molar-refractivity contribution in [1.29, 1.82) is 0 Å². The average molecular weight is 261 g/mol. The Morgan fingerprint density at radius 3 is 2.67 bits per heavy atom. The summed E-state index contributed by atoms with van der Waals surface area (Å²) in [6, 6.07) is 7.36. The van der Waals surface area contributed by atoms with Crippen LogP contribution in [0.1, 0.15) is 0 Å². The Hall–Kier alpha value is -2.18. The number of anilines is 1. The van der Waals surface area contributed by atoms with Gasteiger partial charge in [0.1, 0.15) is 17.7 Å². The Bertz CT molecular complexity index is 690. The molecule has 2 heterocycles. The number of hydrazine groups is 1. The van der Waals surface area contributed by atoms with E-state index in [4.69, 9.17) is 17.4 Å². The van der Waals surface area contributed by atoms with Gasteiger partial charge in [-0.15, -0.1) is 0 Å². The fraction of sp³-hybridized carbons (Fsp3) is 0. The molecule has 0 amide bonds. The smallest absolute Gasteiger partial charge is 0.183 e. The summed E-state index contributed by atoms with van der Waals surface area (Å²) in [6.07, 6.45) is 1.41. The molecular formula is C11H9ClN6. The number of imidazole rings is 1. The van der Waals surface area contributed by atoms with Gasteiger partial charge in [0.25, 0.3) is 0 Å². The summed E-state index contributed by atoms with van der Waals surface area (Å²) >= 11 is 5.85. The highest BCUT2D eigenvalue weighted by Crippen LogP contribution is 2.23. The zero-order valence-electron chi connectivity index (χ0n) is 9.18. The molecule has 0 bridgehead atoms. The number of nitrogens with two attached hydrogens (primary N) is 1. The van der Waals surface area contributed by atoms with Crippen LogP contribution in [0, 0.1) is 0 Å². The molecule has 90 valence electrons. The van der Waals surface area contributed by atoms with Gasteiger partial charge >= 0.3 is 0 Å². The van der Waals surface area contributed by atoms with Crippen LogP contribution < -0.4 is 11.3 Å². The van der Waals surface area contributed by atoms with Crippen LogP contribution in [0.25, 0.3) is 22.6 Å². The predicted octanol–water partition coefficient (Wildman–Crippen LogP) is 1.96. The molecule has 6 nitrogen and oxygen atoms in total. The largest absolute Gasteiger partial charge is 0.333 e. The average Bonchev–Trinajstić information content (AvgIpc) is 2.83. The quantitative estimate of drug-likeness (QED) is 0.484. The highest BCUT2D eigenvalue weighted by atomic mass is 35.5. The van der Waals surface area contributed by atoms with Gasteiger partial charge in [0, 0.05) is 10.6 Å². The van der Waals surface area contributed by atoms with Gasteiger partial charge in [-0.1, -0.05) is 11.6 Å². The van der Waals surface area contributed by atoms with Gasteiger partial charge in [-0.25, -0.2) is 20.8 Å². The van der Waals surface area contributed by atoms with Crippen LogP contribution in [0.5, 0.6) is 0 Å². The monoisotopic (exact) mass is 260 g/mol. The number of H-pyrrole nitrogens is 1. The van der Waals surface area contributed by atoms with Crippen molar-refractivity contribution >= 4 is 28.6 Å². The molecule has 3 rings (SSSR count). The Morgan fingerprint density at radius 2 is 1.94 bits per heavy atom. The number of halogens is 1. The van der Waals surface area contributed by atoms with Crippen LogP contribution in [0.3, 0.4) is 0 Å². The number of aromatic nitrogens is 4. The summed E-state index contributed by atoms with van der Waals surface area (Å²) in [5.41, 5.74) is 4.65. The van der Waals surface area contributed by atoms with Gasteiger partial charge in [-0.2, -0.15) is 0 Å². The highest BCUT2D eigenvalue weighted by Gasteiger charge is 2.09. The number of rotatable bonds is 2. The molecule has 4 N–H and O–H groups in total. The van der Waals surface area contributed by atoms with Gasteiger partial charge in [0.2, 0.25) is 0 Å². The molecule has 0 aliphatic heterocycles. The SMILES string of the molecule is NNc1ncnc2nc(-c3ccc(Cl)cc3)[nH]c12. The number of hydrogen-bond acceptors (Lipinski definition) is 5. The molecule has 0 fully saturated rings. The van der Waals surface area contributed by atoms with Crippen LogP contribution in [0.4, 0.5) is 5.82 Å². The Morgan fingerprint density at radius 1 is 1.17 bits per heavy atom. The third-order valence-electron chi connectivity index (χ3n) is 2.54. The van der Waals surface area contributed by atoms with Crippen molar-refractivity contribution in [3.05, 3.63) is 35.6 Å². The van der Waals surface area contributed by atoms with E-state index in [9.17, 15) is 0 Å². The van der Waals surface area contributed by atoms with Crippen LogP contribution >= 0.6 is 11.6 Å². The van der Waals surface area contributed by atoms with Gasteiger partial charge in [-0.3, -0.25) is 0 Å². The maximum absolute atomic E-state index is 5.85. The number of fused-ring (bicyclic) bond motifs is 1. The minimum Gasteiger partial charge on any atom is -0.333 e. The van der Waals surface area contributed by atoms with Crippen LogP contribution in [0.2, 0.25) is 5.02 Å².